The Balaban J connectivity index is 1.35. The lowest BCUT2D eigenvalue weighted by Gasteiger charge is -2.17. The lowest BCUT2D eigenvalue weighted by molar-refractivity contribution is -0.143. The molecule has 4 unspecified atom stereocenters. The van der Waals surface area contributed by atoms with Gasteiger partial charge in [-0.2, -0.15) is 0 Å². The summed E-state index contributed by atoms with van der Waals surface area (Å²) in [6, 6.07) is 13.4. The number of amides is 3. The number of rotatable bonds is 3. The molecule has 1 saturated heterocycles. The van der Waals surface area contributed by atoms with E-state index in [9.17, 15) is 14.4 Å². The summed E-state index contributed by atoms with van der Waals surface area (Å²) in [4.78, 5) is 39.0. The van der Waals surface area contributed by atoms with Gasteiger partial charge in [0.15, 0.2) is 0 Å². The average molecular weight is 346 g/mol. The van der Waals surface area contributed by atoms with Crippen molar-refractivity contribution in [2.45, 2.75) is 6.42 Å². The minimum Gasteiger partial charge on any atom is -0.324 e. The fourth-order valence-corrected chi connectivity index (χ4v) is 4.79. The summed E-state index contributed by atoms with van der Waals surface area (Å²) in [7, 11) is 0. The number of nitrogens with zero attached hydrogens (tertiary/aromatic N) is 1. The Morgan fingerprint density at radius 3 is 2.35 bits per heavy atom. The van der Waals surface area contributed by atoms with E-state index in [0.717, 1.165) is 22.1 Å². The summed E-state index contributed by atoms with van der Waals surface area (Å²) in [5.41, 5.74) is 0.689. The molecule has 2 bridgehead atoms. The zero-order valence-corrected chi connectivity index (χ0v) is 14.1. The highest BCUT2D eigenvalue weighted by molar-refractivity contribution is 6.10. The lowest BCUT2D eigenvalue weighted by Crippen LogP contribution is -2.39. The second-order valence-electron chi connectivity index (χ2n) is 7.34. The topological polar surface area (TPSA) is 66.5 Å². The molecule has 26 heavy (non-hydrogen) atoms. The Kier molecular flexibility index (Phi) is 3.26. The van der Waals surface area contributed by atoms with Crippen molar-refractivity contribution in [1.82, 2.24) is 4.90 Å². The first kappa shape index (κ1) is 15.3. The molecular formula is C21H18N2O3. The number of carbonyl (C=O) groups excluding carboxylic acids is 3. The van der Waals surface area contributed by atoms with E-state index in [1.807, 2.05) is 42.5 Å². The van der Waals surface area contributed by atoms with Crippen LogP contribution in [0.25, 0.3) is 10.8 Å². The van der Waals surface area contributed by atoms with E-state index in [-0.39, 0.29) is 47.9 Å². The minimum atomic E-state index is -0.344. The number of allylic oxidation sites excluding steroid dienone is 2. The van der Waals surface area contributed by atoms with Crippen LogP contribution >= 0.6 is 0 Å². The fraction of sp³-hybridized carbons (Fsp3) is 0.286. The molecule has 130 valence electrons. The van der Waals surface area contributed by atoms with E-state index < -0.39 is 0 Å². The normalized spacial score (nSPS) is 28.8. The molecule has 3 amide bonds. The second-order valence-corrected chi connectivity index (χ2v) is 7.34. The first-order valence-electron chi connectivity index (χ1n) is 8.94. The molecule has 5 heteroatoms. The van der Waals surface area contributed by atoms with Gasteiger partial charge in [0, 0.05) is 11.1 Å². The predicted octanol–water partition coefficient (Wildman–Crippen LogP) is 2.59. The molecule has 1 aliphatic heterocycles. The van der Waals surface area contributed by atoms with Crippen molar-refractivity contribution in [1.29, 1.82) is 0 Å². The maximum Gasteiger partial charge on any atom is 0.244 e. The van der Waals surface area contributed by atoms with Gasteiger partial charge in [0.2, 0.25) is 17.7 Å². The Labute approximate surface area is 150 Å². The van der Waals surface area contributed by atoms with Crippen LogP contribution in [-0.2, 0) is 14.4 Å². The van der Waals surface area contributed by atoms with Gasteiger partial charge < -0.3 is 5.32 Å². The molecule has 1 saturated carbocycles. The van der Waals surface area contributed by atoms with Gasteiger partial charge in [-0.25, -0.2) is 0 Å². The number of fused-ring (bicyclic) bond motifs is 6. The first-order valence-corrected chi connectivity index (χ1v) is 8.94. The van der Waals surface area contributed by atoms with Crippen LogP contribution < -0.4 is 5.32 Å². The summed E-state index contributed by atoms with van der Waals surface area (Å²) < 4.78 is 0. The van der Waals surface area contributed by atoms with Gasteiger partial charge in [-0.05, 0) is 29.7 Å². The van der Waals surface area contributed by atoms with Crippen molar-refractivity contribution in [3.63, 3.8) is 0 Å². The molecule has 2 aliphatic carbocycles. The van der Waals surface area contributed by atoms with E-state index in [4.69, 9.17) is 0 Å². The SMILES string of the molecule is O=C(CN1C(=O)C2C3C=CC(C3)C2C1=O)Nc1cccc2ccccc12. The van der Waals surface area contributed by atoms with Crippen LogP contribution in [0.3, 0.4) is 0 Å². The highest BCUT2D eigenvalue weighted by atomic mass is 16.2. The highest BCUT2D eigenvalue weighted by Gasteiger charge is 2.59. The van der Waals surface area contributed by atoms with Crippen molar-refractivity contribution < 1.29 is 14.4 Å². The fourth-order valence-electron chi connectivity index (χ4n) is 4.79. The molecule has 1 N–H and O–H groups in total. The zero-order valence-electron chi connectivity index (χ0n) is 14.1. The zero-order chi connectivity index (χ0) is 17.8. The molecule has 1 heterocycles. The largest absolute Gasteiger partial charge is 0.324 e. The van der Waals surface area contributed by atoms with Crippen molar-refractivity contribution in [3.8, 4) is 0 Å². The summed E-state index contributed by atoms with van der Waals surface area (Å²) in [5.74, 6) is -0.927. The monoisotopic (exact) mass is 346 g/mol. The number of anilines is 1. The van der Waals surface area contributed by atoms with Crippen LogP contribution in [0.1, 0.15) is 6.42 Å². The van der Waals surface area contributed by atoms with Crippen LogP contribution in [0.4, 0.5) is 5.69 Å². The van der Waals surface area contributed by atoms with Gasteiger partial charge in [-0.15, -0.1) is 0 Å². The molecular weight excluding hydrogens is 328 g/mol. The Morgan fingerprint density at radius 1 is 0.962 bits per heavy atom. The van der Waals surface area contributed by atoms with Gasteiger partial charge in [0.25, 0.3) is 0 Å². The van der Waals surface area contributed by atoms with Crippen LogP contribution in [0.5, 0.6) is 0 Å². The number of nitrogens with one attached hydrogen (secondary N) is 1. The molecule has 4 atom stereocenters. The van der Waals surface area contributed by atoms with Gasteiger partial charge in [0.05, 0.1) is 11.8 Å². The quantitative estimate of drug-likeness (QED) is 0.686. The van der Waals surface area contributed by atoms with Crippen molar-refractivity contribution >= 4 is 34.2 Å². The maximum absolute atomic E-state index is 12.7. The summed E-state index contributed by atoms with van der Waals surface area (Å²) in [6.45, 7) is -0.215. The maximum atomic E-state index is 12.7. The van der Waals surface area contributed by atoms with E-state index in [2.05, 4.69) is 17.5 Å². The molecule has 5 nitrogen and oxygen atoms in total. The van der Waals surface area contributed by atoms with Crippen molar-refractivity contribution in [3.05, 3.63) is 54.6 Å². The van der Waals surface area contributed by atoms with Crippen LogP contribution in [0.15, 0.2) is 54.6 Å². The Morgan fingerprint density at radius 2 is 1.62 bits per heavy atom. The average Bonchev–Trinajstić information content (AvgIpc) is 3.32. The molecule has 2 aromatic carbocycles. The number of imide groups is 1. The second kappa shape index (κ2) is 5.53. The number of likely N-dealkylation sites (tertiary alicyclic amines) is 1. The molecule has 2 fully saturated rings. The lowest BCUT2D eigenvalue weighted by atomic mass is 9.85. The van der Waals surface area contributed by atoms with Gasteiger partial charge in [0.1, 0.15) is 6.54 Å². The van der Waals surface area contributed by atoms with Gasteiger partial charge in [-0.1, -0.05) is 48.6 Å². The first-order chi connectivity index (χ1) is 12.6. The number of benzene rings is 2. The standard InChI is InChI=1S/C21H18N2O3/c24-17(22-16-7-3-5-12-4-1-2-6-15(12)16)11-23-20(25)18-13-8-9-14(10-13)19(18)21(23)26/h1-9,13-14,18-19H,10-11H2,(H,22,24). The number of carbonyl (C=O) groups is 3. The van der Waals surface area contributed by atoms with Crippen molar-refractivity contribution in [2.24, 2.45) is 23.7 Å². The van der Waals surface area contributed by atoms with Crippen molar-refractivity contribution in [2.75, 3.05) is 11.9 Å². The van der Waals surface area contributed by atoms with E-state index in [1.54, 1.807) is 0 Å². The highest BCUT2D eigenvalue weighted by Crippen LogP contribution is 2.52. The third-order valence-corrected chi connectivity index (χ3v) is 5.93. The number of hydrogen-bond acceptors (Lipinski definition) is 3. The predicted molar refractivity (Wildman–Crippen MR) is 97.0 cm³/mol. The van der Waals surface area contributed by atoms with Gasteiger partial charge >= 0.3 is 0 Å². The molecule has 3 aliphatic rings. The minimum absolute atomic E-state index is 0.160. The molecule has 0 spiro atoms. The smallest absolute Gasteiger partial charge is 0.244 e. The Hall–Kier alpha value is -2.95. The third-order valence-electron chi connectivity index (χ3n) is 5.93. The summed E-state index contributed by atoms with van der Waals surface area (Å²) in [5, 5.41) is 4.81. The summed E-state index contributed by atoms with van der Waals surface area (Å²) >= 11 is 0. The van der Waals surface area contributed by atoms with Crippen LogP contribution in [-0.4, -0.2) is 29.2 Å². The summed E-state index contributed by atoms with van der Waals surface area (Å²) in [6.07, 6.45) is 5.00. The molecule has 0 radical (unpaired) electrons. The van der Waals surface area contributed by atoms with E-state index >= 15 is 0 Å². The molecule has 0 aromatic heterocycles. The Bertz CT molecular complexity index is 945. The number of hydrogen-bond donors (Lipinski definition) is 1. The van der Waals surface area contributed by atoms with Crippen LogP contribution in [0, 0.1) is 23.7 Å². The van der Waals surface area contributed by atoms with Gasteiger partial charge in [-0.3, -0.25) is 19.3 Å². The van der Waals surface area contributed by atoms with Crippen LogP contribution in [0.2, 0.25) is 0 Å². The van der Waals surface area contributed by atoms with E-state index in [1.165, 1.54) is 0 Å². The molecule has 5 rings (SSSR count). The molecule has 2 aromatic rings. The van der Waals surface area contributed by atoms with E-state index in [0.29, 0.717) is 5.69 Å². The third kappa shape index (κ3) is 2.13.